The summed E-state index contributed by atoms with van der Waals surface area (Å²) in [6, 6.07) is 20.7. The number of carbonyl (C=O) groups is 1. The second-order valence-corrected chi connectivity index (χ2v) is 7.82. The molecule has 0 unspecified atom stereocenters. The minimum Gasteiger partial charge on any atom is -0.461 e. The van der Waals surface area contributed by atoms with Crippen LogP contribution in [0.2, 0.25) is 0 Å². The Labute approximate surface area is 175 Å². The molecule has 1 aliphatic rings. The van der Waals surface area contributed by atoms with E-state index in [4.69, 9.17) is 10.5 Å². The van der Waals surface area contributed by atoms with E-state index in [0.717, 1.165) is 32.1 Å². The summed E-state index contributed by atoms with van der Waals surface area (Å²) in [6.45, 7) is 2.05. The summed E-state index contributed by atoms with van der Waals surface area (Å²) in [5, 5.41) is 0. The van der Waals surface area contributed by atoms with Crippen LogP contribution in [-0.4, -0.2) is 18.1 Å². The van der Waals surface area contributed by atoms with Gasteiger partial charge in [-0.05, 0) is 62.0 Å². The zero-order valence-corrected chi connectivity index (χ0v) is 17.4. The van der Waals surface area contributed by atoms with E-state index in [1.165, 1.54) is 11.1 Å². The summed E-state index contributed by atoms with van der Waals surface area (Å²) in [7, 11) is 0. The molecule has 1 aliphatic heterocycles. The summed E-state index contributed by atoms with van der Waals surface area (Å²) in [5.74, 6) is 0.580. The number of halogens is 1. The van der Waals surface area contributed by atoms with Crippen molar-refractivity contribution in [1.82, 2.24) is 0 Å². The smallest absolute Gasteiger partial charge is 0.323 e. The van der Waals surface area contributed by atoms with Crippen molar-refractivity contribution in [3.63, 3.8) is 0 Å². The van der Waals surface area contributed by atoms with Gasteiger partial charge in [-0.25, -0.2) is 0 Å². The molecule has 2 aromatic carbocycles. The van der Waals surface area contributed by atoms with Crippen molar-refractivity contribution < 1.29 is 9.53 Å². The maximum absolute atomic E-state index is 12.3. The highest BCUT2D eigenvalue weighted by Gasteiger charge is 2.32. The molecule has 4 atom stereocenters. The van der Waals surface area contributed by atoms with Crippen LogP contribution < -0.4 is 5.73 Å². The van der Waals surface area contributed by atoms with Crippen molar-refractivity contribution in [2.24, 2.45) is 17.6 Å². The molecular weight excluding hydrogens is 370 g/mol. The molecule has 0 bridgehead atoms. The van der Waals surface area contributed by atoms with Crippen molar-refractivity contribution in [3.8, 4) is 0 Å². The molecule has 1 heterocycles. The molecule has 2 N–H and O–H groups in total. The first kappa shape index (κ1) is 22.4. The molecule has 1 saturated heterocycles. The van der Waals surface area contributed by atoms with Crippen LogP contribution in [-0.2, 0) is 22.4 Å². The van der Waals surface area contributed by atoms with Crippen LogP contribution in [0.15, 0.2) is 60.7 Å². The number of esters is 1. The van der Waals surface area contributed by atoms with E-state index in [0.29, 0.717) is 18.3 Å². The van der Waals surface area contributed by atoms with Crippen LogP contribution >= 0.6 is 12.4 Å². The summed E-state index contributed by atoms with van der Waals surface area (Å²) < 4.78 is 5.79. The standard InChI is InChI=1S/C24H31NO2.ClH/c1-18-22(16-15-19-9-4-2-5-10-19)21(17-20-11-6-3-7-12-20)13-8-14-23(25)24(26)27-18;/h2-7,9-12,18,21-23H,8,13-17,25H2,1H3;1H/t18-,21+,22-,23-;/m0./s1. The molecule has 0 radical (unpaired) electrons. The normalized spacial score (nSPS) is 25.6. The van der Waals surface area contributed by atoms with Gasteiger partial charge < -0.3 is 10.5 Å². The first-order valence-electron chi connectivity index (χ1n) is 10.2. The van der Waals surface area contributed by atoms with Gasteiger partial charge in [0.1, 0.15) is 12.1 Å². The molecule has 4 heteroatoms. The highest BCUT2D eigenvalue weighted by atomic mass is 35.5. The van der Waals surface area contributed by atoms with E-state index in [-0.39, 0.29) is 24.5 Å². The van der Waals surface area contributed by atoms with Crippen molar-refractivity contribution in [2.75, 3.05) is 0 Å². The molecule has 28 heavy (non-hydrogen) atoms. The number of nitrogens with two attached hydrogens (primary N) is 1. The molecular formula is C24H32ClNO2. The number of hydrogen-bond donors (Lipinski definition) is 1. The molecule has 0 aliphatic carbocycles. The highest BCUT2D eigenvalue weighted by Crippen LogP contribution is 2.32. The lowest BCUT2D eigenvalue weighted by atomic mass is 9.77. The molecule has 0 spiro atoms. The van der Waals surface area contributed by atoms with Gasteiger partial charge in [0.25, 0.3) is 0 Å². The van der Waals surface area contributed by atoms with Gasteiger partial charge in [0.05, 0.1) is 0 Å². The third-order valence-corrected chi connectivity index (χ3v) is 5.85. The van der Waals surface area contributed by atoms with Crippen LogP contribution in [0, 0.1) is 11.8 Å². The van der Waals surface area contributed by atoms with E-state index in [1.807, 2.05) is 13.0 Å². The molecule has 0 saturated carbocycles. The third kappa shape index (κ3) is 6.35. The Morgan fingerprint density at radius 2 is 1.57 bits per heavy atom. The number of cyclic esters (lactones) is 1. The van der Waals surface area contributed by atoms with Gasteiger partial charge in [0.2, 0.25) is 0 Å². The number of rotatable bonds is 5. The Morgan fingerprint density at radius 1 is 0.964 bits per heavy atom. The number of ether oxygens (including phenoxy) is 1. The first-order valence-corrected chi connectivity index (χ1v) is 10.2. The Kier molecular flexibility index (Phi) is 9.01. The van der Waals surface area contributed by atoms with Gasteiger partial charge in [-0.2, -0.15) is 0 Å². The van der Waals surface area contributed by atoms with E-state index >= 15 is 0 Å². The largest absolute Gasteiger partial charge is 0.461 e. The molecule has 152 valence electrons. The lowest BCUT2D eigenvalue weighted by Crippen LogP contribution is -2.36. The number of carbonyl (C=O) groups excluding carboxylic acids is 1. The topological polar surface area (TPSA) is 52.3 Å². The number of aryl methyl sites for hydroxylation is 1. The average Bonchev–Trinajstić information content (AvgIpc) is 2.73. The second-order valence-electron chi connectivity index (χ2n) is 7.82. The minimum atomic E-state index is -0.488. The minimum absolute atomic E-state index is 0. The van der Waals surface area contributed by atoms with Gasteiger partial charge in [0, 0.05) is 0 Å². The molecule has 0 amide bonds. The van der Waals surface area contributed by atoms with Crippen molar-refractivity contribution >= 4 is 18.4 Å². The van der Waals surface area contributed by atoms with E-state index in [1.54, 1.807) is 0 Å². The van der Waals surface area contributed by atoms with E-state index < -0.39 is 6.04 Å². The summed E-state index contributed by atoms with van der Waals surface area (Å²) >= 11 is 0. The Hall–Kier alpha value is -1.84. The van der Waals surface area contributed by atoms with Gasteiger partial charge in [0.15, 0.2) is 0 Å². The van der Waals surface area contributed by atoms with Gasteiger partial charge >= 0.3 is 5.97 Å². The van der Waals surface area contributed by atoms with Gasteiger partial charge in [-0.3, -0.25) is 4.79 Å². The van der Waals surface area contributed by atoms with Crippen LogP contribution in [0.3, 0.4) is 0 Å². The van der Waals surface area contributed by atoms with Gasteiger partial charge in [-0.1, -0.05) is 67.1 Å². The predicted molar refractivity (Wildman–Crippen MR) is 117 cm³/mol. The number of hydrogen-bond acceptors (Lipinski definition) is 3. The fourth-order valence-electron chi connectivity index (χ4n) is 4.29. The van der Waals surface area contributed by atoms with E-state index in [9.17, 15) is 4.79 Å². The second kappa shape index (κ2) is 11.2. The predicted octanol–water partition coefficient (Wildman–Crippen LogP) is 4.96. The fourth-order valence-corrected chi connectivity index (χ4v) is 4.29. The molecule has 1 fully saturated rings. The zero-order valence-electron chi connectivity index (χ0n) is 16.6. The molecule has 3 rings (SSSR count). The maximum atomic E-state index is 12.3. The van der Waals surface area contributed by atoms with Crippen LogP contribution in [0.4, 0.5) is 0 Å². The Balaban J connectivity index is 0.00000280. The maximum Gasteiger partial charge on any atom is 0.323 e. The first-order chi connectivity index (χ1) is 13.1. The Bertz CT molecular complexity index is 707. The van der Waals surface area contributed by atoms with Crippen molar-refractivity contribution in [3.05, 3.63) is 71.8 Å². The molecule has 3 nitrogen and oxygen atoms in total. The third-order valence-electron chi connectivity index (χ3n) is 5.85. The summed E-state index contributed by atoms with van der Waals surface area (Å²) in [6.07, 6.45) is 5.71. The lowest BCUT2D eigenvalue weighted by molar-refractivity contribution is -0.153. The summed E-state index contributed by atoms with van der Waals surface area (Å²) in [4.78, 5) is 12.3. The molecule has 2 aromatic rings. The molecule has 0 aromatic heterocycles. The fraction of sp³-hybridized carbons (Fsp3) is 0.458. The summed E-state index contributed by atoms with van der Waals surface area (Å²) in [5.41, 5.74) is 8.71. The highest BCUT2D eigenvalue weighted by molar-refractivity contribution is 5.85. The Morgan fingerprint density at radius 3 is 2.21 bits per heavy atom. The zero-order chi connectivity index (χ0) is 19.1. The quantitative estimate of drug-likeness (QED) is 0.720. The van der Waals surface area contributed by atoms with Crippen molar-refractivity contribution in [1.29, 1.82) is 0 Å². The van der Waals surface area contributed by atoms with Crippen LogP contribution in [0.25, 0.3) is 0 Å². The SMILES string of the molecule is C[C@@H]1OC(=O)[C@@H](N)CCC[C@H](Cc2ccccc2)[C@H]1CCc1ccccc1.Cl. The number of benzene rings is 2. The lowest BCUT2D eigenvalue weighted by Gasteiger charge is -2.31. The average molecular weight is 402 g/mol. The van der Waals surface area contributed by atoms with Crippen LogP contribution in [0.5, 0.6) is 0 Å². The van der Waals surface area contributed by atoms with Gasteiger partial charge in [-0.15, -0.1) is 12.4 Å². The van der Waals surface area contributed by atoms with E-state index in [2.05, 4.69) is 54.6 Å². The van der Waals surface area contributed by atoms with Crippen LogP contribution in [0.1, 0.15) is 43.7 Å². The monoisotopic (exact) mass is 401 g/mol. The van der Waals surface area contributed by atoms with Crippen molar-refractivity contribution in [2.45, 2.75) is 57.6 Å².